The van der Waals surface area contributed by atoms with Gasteiger partial charge in [0.05, 0.1) is 11.9 Å². The van der Waals surface area contributed by atoms with Crippen molar-refractivity contribution in [2.45, 2.75) is 50.2 Å². The van der Waals surface area contributed by atoms with E-state index in [9.17, 15) is 9.59 Å². The van der Waals surface area contributed by atoms with Crippen molar-refractivity contribution in [3.63, 3.8) is 0 Å². The molecule has 3 aliphatic rings. The highest BCUT2D eigenvalue weighted by molar-refractivity contribution is 5.91. The Balaban J connectivity index is 1.29. The van der Waals surface area contributed by atoms with E-state index in [1.54, 1.807) is 12.1 Å². The van der Waals surface area contributed by atoms with Crippen LogP contribution >= 0.6 is 0 Å². The van der Waals surface area contributed by atoms with Gasteiger partial charge in [0.2, 0.25) is 5.91 Å². The first kappa shape index (κ1) is 15.7. The van der Waals surface area contributed by atoms with Crippen LogP contribution in [-0.2, 0) is 9.53 Å². The van der Waals surface area contributed by atoms with E-state index in [1.165, 1.54) is 19.1 Å². The Bertz CT molecular complexity index is 601. The van der Waals surface area contributed by atoms with Crippen molar-refractivity contribution in [2.75, 3.05) is 19.6 Å². The van der Waals surface area contributed by atoms with Crippen LogP contribution in [0.25, 0.3) is 0 Å². The topological polar surface area (TPSA) is 71.8 Å². The zero-order chi connectivity index (χ0) is 16.6. The van der Waals surface area contributed by atoms with E-state index in [-0.39, 0.29) is 23.5 Å². The minimum atomic E-state index is -0.323. The maximum absolute atomic E-state index is 12.3. The van der Waals surface area contributed by atoms with E-state index in [4.69, 9.17) is 9.15 Å². The maximum Gasteiger partial charge on any atom is 0.289 e. The fourth-order valence-corrected chi connectivity index (χ4v) is 3.72. The molecule has 3 heterocycles. The molecule has 2 saturated heterocycles. The Labute approximate surface area is 141 Å². The Kier molecular flexibility index (Phi) is 4.08. The van der Waals surface area contributed by atoms with Gasteiger partial charge >= 0.3 is 0 Å². The van der Waals surface area contributed by atoms with Gasteiger partial charge in [-0.2, -0.15) is 0 Å². The van der Waals surface area contributed by atoms with Gasteiger partial charge in [-0.05, 0) is 56.6 Å². The van der Waals surface area contributed by atoms with Crippen LogP contribution in [0.1, 0.15) is 49.1 Å². The first-order valence-electron chi connectivity index (χ1n) is 8.94. The third kappa shape index (κ3) is 3.20. The zero-order valence-electron chi connectivity index (χ0n) is 13.8. The third-order valence-electron chi connectivity index (χ3n) is 5.50. The average molecular weight is 332 g/mol. The summed E-state index contributed by atoms with van der Waals surface area (Å²) in [4.78, 5) is 26.4. The fraction of sp³-hybridized carbons (Fsp3) is 0.667. The SMILES string of the molecule is O=C(NCC1CC1)C1CCC2(CCN(C(=O)c3ccco3)CC2)O1. The van der Waals surface area contributed by atoms with Crippen LogP contribution in [0, 0.1) is 5.92 Å². The van der Waals surface area contributed by atoms with Crippen LogP contribution in [-0.4, -0.2) is 48.1 Å². The number of amides is 2. The molecule has 1 aromatic rings. The number of likely N-dealkylation sites (tertiary alicyclic amines) is 1. The molecule has 3 fully saturated rings. The number of piperidine rings is 1. The van der Waals surface area contributed by atoms with Crippen molar-refractivity contribution >= 4 is 11.8 Å². The van der Waals surface area contributed by atoms with Gasteiger partial charge in [-0.25, -0.2) is 0 Å². The normalized spacial score (nSPS) is 25.8. The lowest BCUT2D eigenvalue weighted by atomic mass is 9.88. The average Bonchev–Trinajstić information content (AvgIpc) is 3.09. The Morgan fingerprint density at radius 2 is 2.00 bits per heavy atom. The number of hydrogen-bond acceptors (Lipinski definition) is 4. The smallest absolute Gasteiger partial charge is 0.289 e. The quantitative estimate of drug-likeness (QED) is 0.915. The van der Waals surface area contributed by atoms with Crippen LogP contribution in [0.5, 0.6) is 0 Å². The van der Waals surface area contributed by atoms with Crippen molar-refractivity contribution in [2.24, 2.45) is 5.92 Å². The van der Waals surface area contributed by atoms with Gasteiger partial charge in [-0.15, -0.1) is 0 Å². The lowest BCUT2D eigenvalue weighted by molar-refractivity contribution is -0.140. The molecule has 2 amide bonds. The molecule has 1 aromatic heterocycles. The van der Waals surface area contributed by atoms with Gasteiger partial charge in [0.25, 0.3) is 5.91 Å². The molecular weight excluding hydrogens is 308 g/mol. The molecule has 2 aliphatic heterocycles. The summed E-state index contributed by atoms with van der Waals surface area (Å²) >= 11 is 0. The molecule has 24 heavy (non-hydrogen) atoms. The molecule has 4 rings (SSSR count). The minimum absolute atomic E-state index is 0.0351. The highest BCUT2D eigenvalue weighted by Crippen LogP contribution is 2.39. The second-order valence-corrected chi connectivity index (χ2v) is 7.29. The molecule has 0 radical (unpaired) electrons. The van der Waals surface area contributed by atoms with E-state index in [1.807, 2.05) is 4.90 Å². The van der Waals surface area contributed by atoms with Crippen LogP contribution in [0.3, 0.4) is 0 Å². The van der Waals surface area contributed by atoms with Crippen molar-refractivity contribution in [1.82, 2.24) is 10.2 Å². The molecule has 0 bridgehead atoms. The minimum Gasteiger partial charge on any atom is -0.459 e. The molecule has 1 spiro atoms. The van der Waals surface area contributed by atoms with Gasteiger partial charge in [0, 0.05) is 19.6 Å². The highest BCUT2D eigenvalue weighted by Gasteiger charge is 2.45. The molecule has 6 nitrogen and oxygen atoms in total. The largest absolute Gasteiger partial charge is 0.459 e. The molecule has 1 atom stereocenters. The number of furan rings is 1. The van der Waals surface area contributed by atoms with Gasteiger partial charge in [0.15, 0.2) is 5.76 Å². The summed E-state index contributed by atoms with van der Waals surface area (Å²) in [6, 6.07) is 3.42. The second kappa shape index (κ2) is 6.24. The summed E-state index contributed by atoms with van der Waals surface area (Å²) in [7, 11) is 0. The number of carbonyl (C=O) groups excluding carboxylic acids is 2. The van der Waals surface area contributed by atoms with Crippen molar-refractivity contribution < 1.29 is 18.7 Å². The van der Waals surface area contributed by atoms with E-state index in [0.717, 1.165) is 32.2 Å². The Morgan fingerprint density at radius 3 is 2.67 bits per heavy atom. The maximum atomic E-state index is 12.3. The van der Waals surface area contributed by atoms with E-state index < -0.39 is 0 Å². The number of rotatable bonds is 4. The zero-order valence-corrected chi connectivity index (χ0v) is 13.8. The predicted octanol–water partition coefficient (Wildman–Crippen LogP) is 1.96. The fourth-order valence-electron chi connectivity index (χ4n) is 3.72. The van der Waals surface area contributed by atoms with Crippen molar-refractivity contribution in [1.29, 1.82) is 0 Å². The van der Waals surface area contributed by atoms with Gasteiger partial charge in [-0.3, -0.25) is 9.59 Å². The molecule has 1 N–H and O–H groups in total. The van der Waals surface area contributed by atoms with Gasteiger partial charge in [0.1, 0.15) is 6.10 Å². The number of nitrogens with one attached hydrogen (secondary N) is 1. The van der Waals surface area contributed by atoms with Gasteiger partial charge in [-0.1, -0.05) is 0 Å². The number of ether oxygens (including phenoxy) is 1. The van der Waals surface area contributed by atoms with Crippen molar-refractivity contribution in [3.05, 3.63) is 24.2 Å². The molecule has 6 heteroatoms. The summed E-state index contributed by atoms with van der Waals surface area (Å²) in [5.74, 6) is 1.04. The summed E-state index contributed by atoms with van der Waals surface area (Å²) < 4.78 is 11.3. The molecule has 130 valence electrons. The van der Waals surface area contributed by atoms with Crippen LogP contribution in [0.4, 0.5) is 0 Å². The van der Waals surface area contributed by atoms with Crippen LogP contribution in [0.15, 0.2) is 22.8 Å². The van der Waals surface area contributed by atoms with Crippen LogP contribution in [0.2, 0.25) is 0 Å². The predicted molar refractivity (Wildman–Crippen MR) is 86.4 cm³/mol. The van der Waals surface area contributed by atoms with E-state index in [0.29, 0.717) is 24.8 Å². The summed E-state index contributed by atoms with van der Waals surface area (Å²) in [5.41, 5.74) is -0.235. The number of carbonyl (C=O) groups is 2. The standard InChI is InChI=1S/C18H24N2O4/c21-16(19-12-13-3-4-13)14-5-6-18(24-14)7-9-20(10-8-18)17(22)15-2-1-11-23-15/h1-2,11,13-14H,3-10,12H2,(H,19,21). The van der Waals surface area contributed by atoms with E-state index in [2.05, 4.69) is 5.32 Å². The first-order chi connectivity index (χ1) is 11.7. The first-order valence-corrected chi connectivity index (χ1v) is 8.94. The Hall–Kier alpha value is -1.82. The number of nitrogens with zero attached hydrogens (tertiary/aromatic N) is 1. The lowest BCUT2D eigenvalue weighted by Crippen LogP contribution is -2.47. The highest BCUT2D eigenvalue weighted by atomic mass is 16.5. The van der Waals surface area contributed by atoms with Crippen LogP contribution < -0.4 is 5.32 Å². The second-order valence-electron chi connectivity index (χ2n) is 7.29. The number of hydrogen-bond donors (Lipinski definition) is 1. The molecule has 0 aromatic carbocycles. The monoisotopic (exact) mass is 332 g/mol. The molecule has 1 saturated carbocycles. The third-order valence-corrected chi connectivity index (χ3v) is 5.50. The molecule has 1 aliphatic carbocycles. The Morgan fingerprint density at radius 1 is 1.21 bits per heavy atom. The molecular formula is C18H24N2O4. The summed E-state index contributed by atoms with van der Waals surface area (Å²) in [6.45, 7) is 2.09. The lowest BCUT2D eigenvalue weighted by Gasteiger charge is -2.38. The summed E-state index contributed by atoms with van der Waals surface area (Å²) in [6.07, 6.45) is 6.90. The molecule has 1 unspecified atom stereocenters. The summed E-state index contributed by atoms with van der Waals surface area (Å²) in [5, 5.41) is 3.01. The van der Waals surface area contributed by atoms with E-state index >= 15 is 0 Å². The van der Waals surface area contributed by atoms with Crippen molar-refractivity contribution in [3.8, 4) is 0 Å². The van der Waals surface area contributed by atoms with Gasteiger partial charge < -0.3 is 19.4 Å².